The summed E-state index contributed by atoms with van der Waals surface area (Å²) in [6.45, 7) is -0.655. The zero-order valence-electron chi connectivity index (χ0n) is 5.80. The van der Waals surface area contributed by atoms with Crippen LogP contribution in [-0.4, -0.2) is 42.3 Å². The highest BCUT2D eigenvalue weighted by Crippen LogP contribution is 1.96. The molecule has 1 atom stereocenters. The lowest BCUT2D eigenvalue weighted by Crippen LogP contribution is -2.38. The average molecular weight is 197 g/mol. The molecule has 0 heterocycles. The predicted octanol–water partition coefficient (Wildman–Crippen LogP) is -1.93. The maximum Gasteiger partial charge on any atom is 0.326 e. The number of carbonyl (C=O) groups excluding carboxylic acids is 1. The summed E-state index contributed by atoms with van der Waals surface area (Å²) in [5, 5.41) is 8.06. The number of carbonyl (C=O) groups is 2. The van der Waals surface area contributed by atoms with E-state index >= 15 is 0 Å². The van der Waals surface area contributed by atoms with Crippen molar-refractivity contribution in [2.75, 3.05) is 6.54 Å². The van der Waals surface area contributed by atoms with Gasteiger partial charge in [0.15, 0.2) is 0 Å². The zero-order valence-corrected chi connectivity index (χ0v) is 6.61. The van der Waals surface area contributed by atoms with Crippen molar-refractivity contribution in [2.24, 2.45) is 0 Å². The first kappa shape index (κ1) is 10.8. The lowest BCUT2D eigenvalue weighted by Gasteiger charge is -2.06. The normalized spacial score (nSPS) is 13.4. The summed E-state index contributed by atoms with van der Waals surface area (Å²) in [6.07, 6.45) is 0.140. The van der Waals surface area contributed by atoms with E-state index < -0.39 is 27.9 Å². The minimum Gasteiger partial charge on any atom is -0.480 e. The van der Waals surface area contributed by atoms with Gasteiger partial charge in [-0.05, 0) is 0 Å². The van der Waals surface area contributed by atoms with E-state index in [9.17, 15) is 18.0 Å². The molecule has 3 N–H and O–H groups in total. The highest BCUT2D eigenvalue weighted by atomic mass is 32.2. The van der Waals surface area contributed by atoms with Crippen molar-refractivity contribution < 1.29 is 27.7 Å². The zero-order chi connectivity index (χ0) is 9.78. The van der Waals surface area contributed by atoms with Gasteiger partial charge < -0.3 is 10.4 Å². The molecule has 0 fully saturated rings. The first-order chi connectivity index (χ1) is 5.39. The van der Waals surface area contributed by atoms with Crippen LogP contribution in [0.3, 0.4) is 0 Å². The average Bonchev–Trinajstić information content (AvgIpc) is 1.84. The molecule has 0 aromatic heterocycles. The Balaban J connectivity index is 4.46. The van der Waals surface area contributed by atoms with Gasteiger partial charge in [0.2, 0.25) is 11.7 Å². The monoisotopic (exact) mass is 197 g/mol. The Hall–Kier alpha value is -1.15. The molecule has 0 bridgehead atoms. The van der Waals surface area contributed by atoms with E-state index in [0.717, 1.165) is 0 Å². The van der Waals surface area contributed by atoms with E-state index in [1.165, 1.54) is 0 Å². The maximum atomic E-state index is 10.3. The van der Waals surface area contributed by atoms with E-state index in [2.05, 4.69) is 0 Å². The lowest BCUT2D eigenvalue weighted by atomic mass is 10.4. The fourth-order valence-corrected chi connectivity index (χ4v) is 1.04. The third kappa shape index (κ3) is 3.30. The van der Waals surface area contributed by atoms with Crippen molar-refractivity contribution in [3.05, 3.63) is 0 Å². The Labute approximate surface area is 68.1 Å². The van der Waals surface area contributed by atoms with Crippen molar-refractivity contribution >= 4 is 22.5 Å². The number of carboxylic acids is 1. The summed E-state index contributed by atoms with van der Waals surface area (Å²) in [6, 6.07) is 0. The number of aliphatic carboxylic acids is 1. The molecular formula is C4H7NO6S. The predicted molar refractivity (Wildman–Crippen MR) is 37.0 cm³/mol. The minimum atomic E-state index is -4.66. The Bertz CT molecular complexity index is 269. The Morgan fingerprint density at radius 3 is 2.33 bits per heavy atom. The lowest BCUT2D eigenvalue weighted by molar-refractivity contribution is -0.136. The SMILES string of the molecule is O=CNC[C@H](C(=O)O)S(=O)(=O)O. The van der Waals surface area contributed by atoms with Crippen LogP contribution in [0.15, 0.2) is 0 Å². The summed E-state index contributed by atoms with van der Waals surface area (Å²) in [5.74, 6) is -1.72. The molecule has 0 rings (SSSR count). The molecule has 0 aliphatic heterocycles. The van der Waals surface area contributed by atoms with E-state index in [1.807, 2.05) is 5.32 Å². The Kier molecular flexibility index (Phi) is 3.64. The van der Waals surface area contributed by atoms with Gasteiger partial charge in [0.25, 0.3) is 10.1 Å². The van der Waals surface area contributed by atoms with Gasteiger partial charge in [-0.2, -0.15) is 8.42 Å². The summed E-state index contributed by atoms with van der Waals surface area (Å²) >= 11 is 0. The maximum absolute atomic E-state index is 10.3. The van der Waals surface area contributed by atoms with Crippen LogP contribution >= 0.6 is 0 Å². The van der Waals surface area contributed by atoms with Crippen LogP contribution in [0.4, 0.5) is 0 Å². The number of hydrogen-bond acceptors (Lipinski definition) is 4. The number of rotatable bonds is 5. The fourth-order valence-electron chi connectivity index (χ4n) is 0.475. The van der Waals surface area contributed by atoms with E-state index in [-0.39, 0.29) is 6.41 Å². The van der Waals surface area contributed by atoms with Gasteiger partial charge in [0.05, 0.1) is 0 Å². The van der Waals surface area contributed by atoms with E-state index in [1.54, 1.807) is 0 Å². The largest absolute Gasteiger partial charge is 0.480 e. The third-order valence-electron chi connectivity index (χ3n) is 1.02. The summed E-state index contributed by atoms with van der Waals surface area (Å²) < 4.78 is 28.9. The molecule has 0 saturated carbocycles. The first-order valence-electron chi connectivity index (χ1n) is 2.75. The molecular weight excluding hydrogens is 190 g/mol. The molecule has 0 aromatic rings. The van der Waals surface area contributed by atoms with Crippen molar-refractivity contribution in [3.63, 3.8) is 0 Å². The molecule has 0 aliphatic rings. The van der Waals surface area contributed by atoms with Crippen molar-refractivity contribution in [3.8, 4) is 0 Å². The molecule has 70 valence electrons. The van der Waals surface area contributed by atoms with Gasteiger partial charge in [0.1, 0.15) is 0 Å². The van der Waals surface area contributed by atoms with Gasteiger partial charge in [-0.25, -0.2) is 0 Å². The fraction of sp³-hybridized carbons (Fsp3) is 0.500. The Morgan fingerprint density at radius 1 is 1.58 bits per heavy atom. The number of carboxylic acid groups (broad SMARTS) is 1. The second kappa shape index (κ2) is 4.02. The second-order valence-electron chi connectivity index (χ2n) is 1.87. The topological polar surface area (TPSA) is 121 Å². The standard InChI is InChI=1S/C4H7NO6S/c6-2-5-1-3(4(7)8)12(9,10)11/h2-3H,1H2,(H,5,6)(H,7,8)(H,9,10,11)/t3-/m1/s1. The van der Waals surface area contributed by atoms with Crippen molar-refractivity contribution in [1.29, 1.82) is 0 Å². The summed E-state index contributed by atoms with van der Waals surface area (Å²) in [7, 11) is -4.66. The molecule has 12 heavy (non-hydrogen) atoms. The van der Waals surface area contributed by atoms with Gasteiger partial charge in [-0.1, -0.05) is 0 Å². The van der Waals surface area contributed by atoms with E-state index in [4.69, 9.17) is 9.66 Å². The third-order valence-corrected chi connectivity index (χ3v) is 2.11. The molecule has 0 aliphatic carbocycles. The van der Waals surface area contributed by atoms with Crippen LogP contribution in [0.2, 0.25) is 0 Å². The van der Waals surface area contributed by atoms with Crippen LogP contribution in [-0.2, 0) is 19.7 Å². The van der Waals surface area contributed by atoms with Crippen LogP contribution in [0.5, 0.6) is 0 Å². The van der Waals surface area contributed by atoms with Crippen molar-refractivity contribution in [2.45, 2.75) is 5.25 Å². The number of nitrogens with one attached hydrogen (secondary N) is 1. The number of amides is 1. The molecule has 0 spiro atoms. The molecule has 8 heteroatoms. The highest BCUT2D eigenvalue weighted by molar-refractivity contribution is 7.87. The Morgan fingerprint density at radius 2 is 2.08 bits per heavy atom. The molecule has 0 unspecified atom stereocenters. The van der Waals surface area contributed by atoms with Gasteiger partial charge in [0, 0.05) is 6.54 Å². The highest BCUT2D eigenvalue weighted by Gasteiger charge is 2.30. The number of hydrogen-bond donors (Lipinski definition) is 3. The second-order valence-corrected chi connectivity index (χ2v) is 3.47. The minimum absolute atomic E-state index is 0.140. The van der Waals surface area contributed by atoms with Crippen LogP contribution in [0.25, 0.3) is 0 Å². The van der Waals surface area contributed by atoms with Gasteiger partial charge >= 0.3 is 5.97 Å². The molecule has 7 nitrogen and oxygen atoms in total. The smallest absolute Gasteiger partial charge is 0.326 e. The van der Waals surface area contributed by atoms with Gasteiger partial charge in [-0.15, -0.1) is 0 Å². The summed E-state index contributed by atoms with van der Waals surface area (Å²) in [4.78, 5) is 19.8. The first-order valence-corrected chi connectivity index (χ1v) is 4.26. The van der Waals surface area contributed by atoms with Crippen LogP contribution in [0, 0.1) is 0 Å². The molecule has 0 saturated heterocycles. The van der Waals surface area contributed by atoms with Crippen LogP contribution < -0.4 is 5.32 Å². The van der Waals surface area contributed by atoms with Gasteiger partial charge in [-0.3, -0.25) is 14.1 Å². The van der Waals surface area contributed by atoms with E-state index in [0.29, 0.717) is 0 Å². The quantitative estimate of drug-likeness (QED) is 0.348. The summed E-state index contributed by atoms with van der Waals surface area (Å²) in [5.41, 5.74) is 0. The van der Waals surface area contributed by atoms with Crippen LogP contribution in [0.1, 0.15) is 0 Å². The molecule has 0 radical (unpaired) electrons. The van der Waals surface area contributed by atoms with Crippen molar-refractivity contribution in [1.82, 2.24) is 5.32 Å². The molecule has 1 amide bonds. The molecule has 0 aromatic carbocycles.